The van der Waals surface area contributed by atoms with Crippen LogP contribution in [0.2, 0.25) is 0 Å². The van der Waals surface area contributed by atoms with Gasteiger partial charge < -0.3 is 5.32 Å². The Kier molecular flexibility index (Phi) is 3.46. The summed E-state index contributed by atoms with van der Waals surface area (Å²) in [5.41, 5.74) is 0.476. The van der Waals surface area contributed by atoms with Crippen molar-refractivity contribution < 1.29 is 0 Å². The van der Waals surface area contributed by atoms with Crippen molar-refractivity contribution in [2.45, 2.75) is 19.4 Å². The number of hydrogen-bond donors (Lipinski definition) is 1. The van der Waals surface area contributed by atoms with Crippen LogP contribution in [0.25, 0.3) is 0 Å². The van der Waals surface area contributed by atoms with Crippen LogP contribution in [-0.4, -0.2) is 16.2 Å². The molecule has 1 aromatic rings. The average molecular weight is 186 g/mol. The van der Waals surface area contributed by atoms with Crippen molar-refractivity contribution in [3.05, 3.63) is 17.8 Å². The molecule has 70 valence electrons. The summed E-state index contributed by atoms with van der Waals surface area (Å²) >= 11 is 0. The lowest BCUT2D eigenvalue weighted by atomic mass is 10.2. The topological polar surface area (TPSA) is 61.6 Å². The maximum atomic E-state index is 8.76. The molecule has 1 unspecified atom stereocenters. The smallest absolute Gasteiger partial charge is 0.166 e. The predicted molar refractivity (Wildman–Crippen MR) is 53.3 cm³/mol. The Bertz CT molecular complexity index is 386. The number of anilines is 1. The quantitative estimate of drug-likeness (QED) is 0.720. The molecule has 4 heteroatoms. The Morgan fingerprint density at radius 3 is 3.14 bits per heavy atom. The van der Waals surface area contributed by atoms with Gasteiger partial charge in [-0.1, -0.05) is 0 Å². The van der Waals surface area contributed by atoms with E-state index in [2.05, 4.69) is 21.4 Å². The maximum Gasteiger partial charge on any atom is 0.166 e. The fraction of sp³-hybridized carbons (Fsp3) is 0.300. The number of nitrogens with one attached hydrogen (secondary N) is 1. The van der Waals surface area contributed by atoms with Crippen LogP contribution in [0.4, 0.5) is 5.82 Å². The second-order valence-electron chi connectivity index (χ2n) is 2.86. The molecule has 0 saturated carbocycles. The molecule has 1 rings (SSSR count). The van der Waals surface area contributed by atoms with Gasteiger partial charge >= 0.3 is 0 Å². The zero-order valence-corrected chi connectivity index (χ0v) is 7.86. The van der Waals surface area contributed by atoms with Gasteiger partial charge in [0.15, 0.2) is 5.82 Å². The molecule has 0 radical (unpaired) electrons. The first-order valence-corrected chi connectivity index (χ1v) is 4.19. The molecule has 0 aliphatic rings. The minimum Gasteiger partial charge on any atom is -0.364 e. The van der Waals surface area contributed by atoms with Crippen LogP contribution in [0.1, 0.15) is 18.9 Å². The largest absolute Gasteiger partial charge is 0.364 e. The zero-order chi connectivity index (χ0) is 10.4. The van der Waals surface area contributed by atoms with Crippen LogP contribution in [0.15, 0.2) is 12.3 Å². The van der Waals surface area contributed by atoms with Crippen LogP contribution in [-0.2, 0) is 0 Å². The molecular formula is C10H10N4. The molecule has 0 amide bonds. The monoisotopic (exact) mass is 186 g/mol. The Balaban J connectivity index is 2.77. The summed E-state index contributed by atoms with van der Waals surface area (Å²) in [6.45, 7) is 1.93. The number of hydrogen-bond acceptors (Lipinski definition) is 4. The molecule has 4 nitrogen and oxygen atoms in total. The van der Waals surface area contributed by atoms with Gasteiger partial charge in [-0.25, -0.2) is 0 Å². The van der Waals surface area contributed by atoms with Crippen molar-refractivity contribution in [3.8, 4) is 18.4 Å². The van der Waals surface area contributed by atoms with Gasteiger partial charge in [0.1, 0.15) is 6.07 Å². The van der Waals surface area contributed by atoms with Crippen molar-refractivity contribution in [1.29, 1.82) is 5.26 Å². The van der Waals surface area contributed by atoms with Crippen molar-refractivity contribution in [2.75, 3.05) is 5.32 Å². The SMILES string of the molecule is C#CCC(C)Nc1nnccc1C#N. The highest BCUT2D eigenvalue weighted by Gasteiger charge is 2.06. The fourth-order valence-corrected chi connectivity index (χ4v) is 0.990. The molecule has 0 fully saturated rings. The van der Waals surface area contributed by atoms with Crippen molar-refractivity contribution in [1.82, 2.24) is 10.2 Å². The third-order valence-corrected chi connectivity index (χ3v) is 1.65. The Morgan fingerprint density at radius 1 is 1.71 bits per heavy atom. The molecule has 14 heavy (non-hydrogen) atoms. The van der Waals surface area contributed by atoms with Gasteiger partial charge in [0.2, 0.25) is 0 Å². The predicted octanol–water partition coefficient (Wildman–Crippen LogP) is 1.17. The third kappa shape index (κ3) is 2.46. The average Bonchev–Trinajstić information content (AvgIpc) is 2.19. The molecule has 0 saturated heterocycles. The zero-order valence-electron chi connectivity index (χ0n) is 7.86. The molecule has 1 heterocycles. The first kappa shape index (κ1) is 10.0. The van der Waals surface area contributed by atoms with E-state index < -0.39 is 0 Å². The van der Waals surface area contributed by atoms with Gasteiger partial charge in [-0.15, -0.1) is 17.4 Å². The minimum absolute atomic E-state index is 0.0869. The molecular weight excluding hydrogens is 176 g/mol. The first-order valence-electron chi connectivity index (χ1n) is 4.19. The fourth-order valence-electron chi connectivity index (χ4n) is 0.990. The highest BCUT2D eigenvalue weighted by atomic mass is 15.2. The molecule has 1 N–H and O–H groups in total. The molecule has 0 aliphatic carbocycles. The standard InChI is InChI=1S/C10H10N4/c1-3-4-8(2)13-10-9(7-11)5-6-12-14-10/h1,5-6,8H,4H2,2H3,(H,13,14). The highest BCUT2D eigenvalue weighted by Crippen LogP contribution is 2.10. The molecule has 1 aromatic heterocycles. The Labute approximate surface area is 83.0 Å². The maximum absolute atomic E-state index is 8.76. The number of nitriles is 1. The van der Waals surface area contributed by atoms with Crippen molar-refractivity contribution in [2.24, 2.45) is 0 Å². The van der Waals surface area contributed by atoms with E-state index in [1.165, 1.54) is 6.20 Å². The van der Waals surface area contributed by atoms with Crippen LogP contribution < -0.4 is 5.32 Å². The third-order valence-electron chi connectivity index (χ3n) is 1.65. The van der Waals surface area contributed by atoms with E-state index in [0.29, 0.717) is 17.8 Å². The highest BCUT2D eigenvalue weighted by molar-refractivity contribution is 5.50. The first-order chi connectivity index (χ1) is 6.77. The van der Waals surface area contributed by atoms with Gasteiger partial charge in [0, 0.05) is 12.5 Å². The second kappa shape index (κ2) is 4.84. The Morgan fingerprint density at radius 2 is 2.50 bits per heavy atom. The van der Waals surface area contributed by atoms with E-state index in [1.807, 2.05) is 13.0 Å². The number of aromatic nitrogens is 2. The lowest BCUT2D eigenvalue weighted by Gasteiger charge is -2.11. The molecule has 0 spiro atoms. The van der Waals surface area contributed by atoms with Gasteiger partial charge in [-0.05, 0) is 13.0 Å². The summed E-state index contributed by atoms with van der Waals surface area (Å²) in [5, 5.41) is 19.3. The summed E-state index contributed by atoms with van der Waals surface area (Å²) in [6.07, 6.45) is 7.23. The molecule has 0 aliphatic heterocycles. The summed E-state index contributed by atoms with van der Waals surface area (Å²) in [5.74, 6) is 3.02. The lowest BCUT2D eigenvalue weighted by Crippen LogP contribution is -2.16. The number of nitrogens with zero attached hydrogens (tertiary/aromatic N) is 3. The van der Waals surface area contributed by atoms with Gasteiger partial charge in [0.25, 0.3) is 0 Å². The summed E-state index contributed by atoms with van der Waals surface area (Å²) in [7, 11) is 0. The van der Waals surface area contributed by atoms with Gasteiger partial charge in [-0.3, -0.25) is 0 Å². The van der Waals surface area contributed by atoms with Gasteiger partial charge in [0.05, 0.1) is 11.8 Å². The Hall–Kier alpha value is -2.07. The lowest BCUT2D eigenvalue weighted by molar-refractivity contribution is 0.812. The summed E-state index contributed by atoms with van der Waals surface area (Å²) in [4.78, 5) is 0. The van der Waals surface area contributed by atoms with E-state index in [4.69, 9.17) is 11.7 Å². The minimum atomic E-state index is 0.0869. The molecule has 0 bridgehead atoms. The van der Waals surface area contributed by atoms with E-state index in [1.54, 1.807) is 6.07 Å². The van der Waals surface area contributed by atoms with Crippen LogP contribution in [0.3, 0.4) is 0 Å². The normalized spacial score (nSPS) is 11.1. The molecule has 0 aromatic carbocycles. The van der Waals surface area contributed by atoms with E-state index in [-0.39, 0.29) is 6.04 Å². The van der Waals surface area contributed by atoms with Crippen LogP contribution >= 0.6 is 0 Å². The summed E-state index contributed by atoms with van der Waals surface area (Å²) in [6, 6.07) is 3.72. The van der Waals surface area contributed by atoms with Crippen LogP contribution in [0, 0.1) is 23.7 Å². The van der Waals surface area contributed by atoms with Crippen molar-refractivity contribution >= 4 is 5.82 Å². The second-order valence-corrected chi connectivity index (χ2v) is 2.86. The van der Waals surface area contributed by atoms with E-state index in [9.17, 15) is 0 Å². The van der Waals surface area contributed by atoms with Crippen LogP contribution in [0.5, 0.6) is 0 Å². The van der Waals surface area contributed by atoms with E-state index >= 15 is 0 Å². The number of terminal acetylenes is 1. The summed E-state index contributed by atoms with van der Waals surface area (Å²) < 4.78 is 0. The number of rotatable bonds is 3. The van der Waals surface area contributed by atoms with Gasteiger partial charge in [-0.2, -0.15) is 10.4 Å². The van der Waals surface area contributed by atoms with Crippen molar-refractivity contribution in [3.63, 3.8) is 0 Å². The van der Waals surface area contributed by atoms with E-state index in [0.717, 1.165) is 0 Å². The molecule has 1 atom stereocenters.